The van der Waals surface area contributed by atoms with Crippen molar-refractivity contribution in [2.45, 2.75) is 51.1 Å². The first kappa shape index (κ1) is 19.3. The van der Waals surface area contributed by atoms with Gasteiger partial charge in [0.1, 0.15) is 17.4 Å². The summed E-state index contributed by atoms with van der Waals surface area (Å²) in [5.74, 6) is -0.342. The fourth-order valence-corrected chi connectivity index (χ4v) is 4.14. The fraction of sp³-hybridized carbons (Fsp3) is 0.450. The number of para-hydroxylation sites is 1. The van der Waals surface area contributed by atoms with E-state index in [2.05, 4.69) is 15.6 Å². The molecule has 0 bridgehead atoms. The third kappa shape index (κ3) is 3.65. The molecule has 1 aliphatic heterocycles. The van der Waals surface area contributed by atoms with Crippen LogP contribution in [0.25, 0.3) is 10.9 Å². The summed E-state index contributed by atoms with van der Waals surface area (Å²) >= 11 is 0. The van der Waals surface area contributed by atoms with Crippen molar-refractivity contribution >= 4 is 34.3 Å². The topological polar surface area (TPSA) is 136 Å². The second-order valence-electron chi connectivity index (χ2n) is 7.85. The zero-order chi connectivity index (χ0) is 20.7. The predicted octanol–water partition coefficient (Wildman–Crippen LogP) is 0.749. The first-order valence-electron chi connectivity index (χ1n) is 9.74. The van der Waals surface area contributed by atoms with Crippen LogP contribution >= 0.6 is 0 Å². The molecule has 3 amide bonds. The molecule has 1 saturated heterocycles. The van der Waals surface area contributed by atoms with Gasteiger partial charge in [-0.3, -0.25) is 29.1 Å². The van der Waals surface area contributed by atoms with Crippen LogP contribution in [0.4, 0.5) is 5.69 Å². The number of piperidine rings is 1. The normalized spacial score (nSPS) is 24.1. The molecular formula is C20H23N5O4. The van der Waals surface area contributed by atoms with E-state index in [-0.39, 0.29) is 36.3 Å². The number of aromatic nitrogens is 2. The molecule has 4 N–H and O–H groups in total. The van der Waals surface area contributed by atoms with Gasteiger partial charge in [-0.1, -0.05) is 6.07 Å². The summed E-state index contributed by atoms with van der Waals surface area (Å²) < 4.78 is 1.32. The van der Waals surface area contributed by atoms with Crippen LogP contribution in [-0.4, -0.2) is 33.3 Å². The molecule has 9 nitrogen and oxygen atoms in total. The van der Waals surface area contributed by atoms with Gasteiger partial charge in [0, 0.05) is 18.9 Å². The molecule has 1 aromatic carbocycles. The van der Waals surface area contributed by atoms with Crippen molar-refractivity contribution < 1.29 is 14.4 Å². The Bertz CT molecular complexity index is 1070. The highest BCUT2D eigenvalue weighted by Gasteiger charge is 2.31. The number of aryl methyl sites for hydroxylation is 1. The van der Waals surface area contributed by atoms with Gasteiger partial charge in [-0.15, -0.1) is 0 Å². The average molecular weight is 397 g/mol. The summed E-state index contributed by atoms with van der Waals surface area (Å²) in [5, 5.41) is 5.43. The lowest BCUT2D eigenvalue weighted by Gasteiger charge is -2.31. The number of nitrogens with zero attached hydrogens (tertiary/aromatic N) is 2. The molecule has 9 heteroatoms. The minimum absolute atomic E-state index is 0.136. The van der Waals surface area contributed by atoms with Gasteiger partial charge in [-0.05, 0) is 44.2 Å². The molecule has 2 fully saturated rings. The summed E-state index contributed by atoms with van der Waals surface area (Å²) in [6.07, 6.45) is 2.49. The number of nitrogens with two attached hydrogens (primary N) is 1. The molecule has 152 valence electrons. The van der Waals surface area contributed by atoms with E-state index < -0.39 is 11.9 Å². The van der Waals surface area contributed by atoms with Crippen molar-refractivity contribution in [1.82, 2.24) is 14.9 Å². The van der Waals surface area contributed by atoms with Crippen molar-refractivity contribution in [3.8, 4) is 0 Å². The van der Waals surface area contributed by atoms with E-state index in [4.69, 9.17) is 5.73 Å². The lowest BCUT2D eigenvalue weighted by Crippen LogP contribution is -2.45. The number of benzene rings is 1. The third-order valence-corrected chi connectivity index (χ3v) is 5.65. The van der Waals surface area contributed by atoms with Crippen LogP contribution in [-0.2, 0) is 14.4 Å². The number of imide groups is 1. The van der Waals surface area contributed by atoms with Gasteiger partial charge in [0.2, 0.25) is 17.7 Å². The van der Waals surface area contributed by atoms with Crippen LogP contribution in [0.1, 0.15) is 44.0 Å². The highest BCUT2D eigenvalue weighted by molar-refractivity contribution is 6.01. The highest BCUT2D eigenvalue weighted by Crippen LogP contribution is 2.29. The first-order valence-corrected chi connectivity index (χ1v) is 9.74. The van der Waals surface area contributed by atoms with Gasteiger partial charge in [0.05, 0.1) is 11.1 Å². The Labute approximate surface area is 166 Å². The van der Waals surface area contributed by atoms with E-state index in [1.807, 2.05) is 0 Å². The third-order valence-electron chi connectivity index (χ3n) is 5.65. The molecule has 2 aliphatic rings. The van der Waals surface area contributed by atoms with Gasteiger partial charge in [-0.2, -0.15) is 0 Å². The Hall–Kier alpha value is -3.07. The maximum Gasteiger partial charge on any atom is 0.262 e. The van der Waals surface area contributed by atoms with Gasteiger partial charge in [0.25, 0.3) is 5.56 Å². The monoisotopic (exact) mass is 397 g/mol. The average Bonchev–Trinajstić information content (AvgIpc) is 2.63. The largest absolute Gasteiger partial charge is 0.328 e. The Kier molecular flexibility index (Phi) is 4.91. The molecule has 0 radical (unpaired) electrons. The summed E-state index contributed by atoms with van der Waals surface area (Å²) in [4.78, 5) is 53.6. The van der Waals surface area contributed by atoms with Gasteiger partial charge in [-0.25, -0.2) is 4.98 Å². The Morgan fingerprint density at radius 2 is 2.07 bits per heavy atom. The second kappa shape index (κ2) is 7.40. The van der Waals surface area contributed by atoms with E-state index in [0.29, 0.717) is 34.8 Å². The zero-order valence-corrected chi connectivity index (χ0v) is 16.1. The van der Waals surface area contributed by atoms with Crippen LogP contribution in [0.5, 0.6) is 0 Å². The first-order chi connectivity index (χ1) is 13.8. The molecule has 1 aromatic heterocycles. The molecule has 0 spiro atoms. The SMILES string of the molecule is Cc1nc2c(NC(=O)CC3CC(N)C3)cccc2c(=O)n1C1CCC(=O)NC1=O. The van der Waals surface area contributed by atoms with Crippen LogP contribution in [0, 0.1) is 12.8 Å². The number of hydrogen-bond donors (Lipinski definition) is 3. The molecule has 2 heterocycles. The molecular weight excluding hydrogens is 374 g/mol. The summed E-state index contributed by atoms with van der Waals surface area (Å²) in [7, 11) is 0. The van der Waals surface area contributed by atoms with Gasteiger partial charge >= 0.3 is 0 Å². The van der Waals surface area contributed by atoms with Crippen molar-refractivity contribution in [2.24, 2.45) is 11.7 Å². The molecule has 1 aliphatic carbocycles. The standard InChI is InChI=1S/C20H23N5O4/c1-10-22-18-13(20(29)25(10)15-5-6-16(26)24-19(15)28)3-2-4-14(18)23-17(27)9-11-7-12(21)8-11/h2-4,11-12,15H,5-9,21H2,1H3,(H,23,27)(H,24,26,28). The summed E-state index contributed by atoms with van der Waals surface area (Å²) in [6, 6.07) is 4.39. The smallest absolute Gasteiger partial charge is 0.262 e. The van der Waals surface area contributed by atoms with E-state index in [0.717, 1.165) is 12.8 Å². The number of carbonyl (C=O) groups is 3. The molecule has 29 heavy (non-hydrogen) atoms. The van der Waals surface area contributed by atoms with Crippen molar-refractivity contribution in [2.75, 3.05) is 5.32 Å². The number of anilines is 1. The molecule has 1 saturated carbocycles. The number of fused-ring (bicyclic) bond motifs is 1. The minimum atomic E-state index is -0.779. The number of carbonyl (C=O) groups excluding carboxylic acids is 3. The lowest BCUT2D eigenvalue weighted by molar-refractivity contribution is -0.135. The van der Waals surface area contributed by atoms with E-state index in [1.54, 1.807) is 25.1 Å². The Balaban J connectivity index is 1.65. The van der Waals surface area contributed by atoms with Crippen LogP contribution in [0.15, 0.2) is 23.0 Å². The lowest BCUT2D eigenvalue weighted by atomic mass is 9.78. The number of nitrogens with one attached hydrogen (secondary N) is 2. The van der Waals surface area contributed by atoms with Crippen LogP contribution < -0.4 is 21.9 Å². The van der Waals surface area contributed by atoms with Crippen molar-refractivity contribution in [3.63, 3.8) is 0 Å². The van der Waals surface area contributed by atoms with E-state index in [1.165, 1.54) is 4.57 Å². The molecule has 4 rings (SSSR count). The summed E-state index contributed by atoms with van der Waals surface area (Å²) in [5.41, 5.74) is 6.25. The van der Waals surface area contributed by atoms with Crippen LogP contribution in [0.3, 0.4) is 0 Å². The maximum atomic E-state index is 13.1. The second-order valence-corrected chi connectivity index (χ2v) is 7.85. The number of rotatable bonds is 4. The zero-order valence-electron chi connectivity index (χ0n) is 16.1. The van der Waals surface area contributed by atoms with Crippen molar-refractivity contribution in [1.29, 1.82) is 0 Å². The van der Waals surface area contributed by atoms with E-state index in [9.17, 15) is 19.2 Å². The summed E-state index contributed by atoms with van der Waals surface area (Å²) in [6.45, 7) is 1.64. The predicted molar refractivity (Wildman–Crippen MR) is 106 cm³/mol. The molecule has 1 atom stereocenters. The highest BCUT2D eigenvalue weighted by atomic mass is 16.2. The quantitative estimate of drug-likeness (QED) is 0.651. The number of hydrogen-bond acceptors (Lipinski definition) is 6. The van der Waals surface area contributed by atoms with Crippen molar-refractivity contribution in [3.05, 3.63) is 34.4 Å². The fourth-order valence-electron chi connectivity index (χ4n) is 4.14. The minimum Gasteiger partial charge on any atom is -0.328 e. The Morgan fingerprint density at radius 1 is 1.31 bits per heavy atom. The van der Waals surface area contributed by atoms with E-state index >= 15 is 0 Å². The Morgan fingerprint density at radius 3 is 2.76 bits per heavy atom. The molecule has 1 unspecified atom stereocenters. The maximum absolute atomic E-state index is 13.1. The van der Waals surface area contributed by atoms with Gasteiger partial charge < -0.3 is 11.1 Å². The number of amides is 3. The molecule has 2 aromatic rings. The van der Waals surface area contributed by atoms with Crippen LogP contribution in [0.2, 0.25) is 0 Å². The van der Waals surface area contributed by atoms with Gasteiger partial charge in [0.15, 0.2) is 0 Å².